The lowest BCUT2D eigenvalue weighted by molar-refractivity contribution is -0.132. The molecule has 1 atom stereocenters. The van der Waals surface area contributed by atoms with E-state index in [-0.39, 0.29) is 5.91 Å². The molecule has 24 heavy (non-hydrogen) atoms. The van der Waals surface area contributed by atoms with E-state index in [9.17, 15) is 4.79 Å². The lowest BCUT2D eigenvalue weighted by atomic mass is 10.2. The Labute approximate surface area is 144 Å². The molecule has 0 bridgehead atoms. The highest BCUT2D eigenvalue weighted by atomic mass is 16.5. The molecule has 1 N–H and O–H groups in total. The SMILES string of the molecule is COc1ccc(N2CCN(C(=O)CN(C)C3CCNC3)CC2)cc1. The highest BCUT2D eigenvalue weighted by Crippen LogP contribution is 2.20. The Morgan fingerprint density at radius 1 is 1.25 bits per heavy atom. The first kappa shape index (κ1) is 17.0. The van der Waals surface area contributed by atoms with Crippen molar-refractivity contribution in [1.82, 2.24) is 15.1 Å². The predicted molar refractivity (Wildman–Crippen MR) is 95.7 cm³/mol. The maximum absolute atomic E-state index is 12.5. The second kappa shape index (κ2) is 7.85. The van der Waals surface area contributed by atoms with Crippen LogP contribution in [0.4, 0.5) is 5.69 Å². The molecule has 132 valence electrons. The van der Waals surface area contributed by atoms with Gasteiger partial charge in [0.15, 0.2) is 0 Å². The van der Waals surface area contributed by atoms with Gasteiger partial charge >= 0.3 is 0 Å². The molecule has 2 aliphatic rings. The molecule has 0 spiro atoms. The van der Waals surface area contributed by atoms with Crippen LogP contribution in [-0.4, -0.2) is 81.7 Å². The molecular formula is C18H28N4O2. The van der Waals surface area contributed by atoms with Crippen LogP contribution >= 0.6 is 0 Å². The second-order valence-electron chi connectivity index (χ2n) is 6.63. The third-order valence-electron chi connectivity index (χ3n) is 5.11. The van der Waals surface area contributed by atoms with Crippen molar-refractivity contribution in [2.45, 2.75) is 12.5 Å². The number of benzene rings is 1. The highest BCUT2D eigenvalue weighted by Gasteiger charge is 2.25. The number of methoxy groups -OCH3 is 1. The van der Waals surface area contributed by atoms with Gasteiger partial charge < -0.3 is 19.9 Å². The summed E-state index contributed by atoms with van der Waals surface area (Å²) in [6, 6.07) is 8.62. The van der Waals surface area contributed by atoms with E-state index >= 15 is 0 Å². The number of hydrogen-bond donors (Lipinski definition) is 1. The molecule has 0 aliphatic carbocycles. The van der Waals surface area contributed by atoms with Crippen molar-refractivity contribution in [1.29, 1.82) is 0 Å². The van der Waals surface area contributed by atoms with E-state index < -0.39 is 0 Å². The van der Waals surface area contributed by atoms with Crippen molar-refractivity contribution in [3.8, 4) is 5.75 Å². The van der Waals surface area contributed by atoms with E-state index in [1.54, 1.807) is 7.11 Å². The number of piperazine rings is 1. The topological polar surface area (TPSA) is 48.1 Å². The number of carbonyl (C=O) groups is 1. The van der Waals surface area contributed by atoms with Gasteiger partial charge in [-0.15, -0.1) is 0 Å². The molecule has 3 rings (SSSR count). The minimum Gasteiger partial charge on any atom is -0.497 e. The molecule has 2 aliphatic heterocycles. The molecule has 1 amide bonds. The van der Waals surface area contributed by atoms with Crippen LogP contribution in [0.3, 0.4) is 0 Å². The highest BCUT2D eigenvalue weighted by molar-refractivity contribution is 5.78. The molecule has 2 fully saturated rings. The molecule has 2 heterocycles. The molecule has 1 aromatic carbocycles. The smallest absolute Gasteiger partial charge is 0.236 e. The lowest BCUT2D eigenvalue weighted by Crippen LogP contribution is -2.52. The molecule has 1 aromatic rings. The zero-order chi connectivity index (χ0) is 16.9. The number of nitrogens with one attached hydrogen (secondary N) is 1. The van der Waals surface area contributed by atoms with Crippen LogP contribution in [0, 0.1) is 0 Å². The molecule has 0 saturated carbocycles. The Balaban J connectivity index is 1.47. The van der Waals surface area contributed by atoms with E-state index in [1.807, 2.05) is 17.0 Å². The van der Waals surface area contributed by atoms with E-state index in [0.29, 0.717) is 12.6 Å². The predicted octanol–water partition coefficient (Wildman–Crippen LogP) is 0.638. The number of amides is 1. The standard InChI is InChI=1S/C18H28N4O2/c1-20(16-7-8-19-13-16)14-18(23)22-11-9-21(10-12-22)15-3-5-17(24-2)6-4-15/h3-6,16,19H,7-14H2,1-2H3. The summed E-state index contributed by atoms with van der Waals surface area (Å²) >= 11 is 0. The van der Waals surface area contributed by atoms with Gasteiger partial charge in [-0.25, -0.2) is 0 Å². The normalized spacial score (nSPS) is 21.4. The fourth-order valence-electron chi connectivity index (χ4n) is 3.47. The van der Waals surface area contributed by atoms with Gasteiger partial charge in [-0.1, -0.05) is 0 Å². The fourth-order valence-corrected chi connectivity index (χ4v) is 3.47. The molecule has 2 saturated heterocycles. The van der Waals surface area contributed by atoms with Crippen LogP contribution in [0.25, 0.3) is 0 Å². The average molecular weight is 332 g/mol. The molecular weight excluding hydrogens is 304 g/mol. The number of hydrogen-bond acceptors (Lipinski definition) is 5. The number of anilines is 1. The molecule has 0 radical (unpaired) electrons. The van der Waals surface area contributed by atoms with Gasteiger partial charge in [0.05, 0.1) is 13.7 Å². The molecule has 1 unspecified atom stereocenters. The van der Waals surface area contributed by atoms with Gasteiger partial charge in [-0.3, -0.25) is 9.69 Å². The summed E-state index contributed by atoms with van der Waals surface area (Å²) in [6.45, 7) is 5.93. The summed E-state index contributed by atoms with van der Waals surface area (Å²) in [7, 11) is 3.74. The van der Waals surface area contributed by atoms with Crippen molar-refractivity contribution in [2.75, 3.05) is 64.9 Å². The van der Waals surface area contributed by atoms with E-state index in [4.69, 9.17) is 4.74 Å². The summed E-state index contributed by atoms with van der Waals surface area (Å²) in [5, 5.41) is 3.36. The van der Waals surface area contributed by atoms with Crippen LogP contribution in [0.2, 0.25) is 0 Å². The maximum Gasteiger partial charge on any atom is 0.236 e. The number of ether oxygens (including phenoxy) is 1. The zero-order valence-corrected chi connectivity index (χ0v) is 14.7. The summed E-state index contributed by atoms with van der Waals surface area (Å²) < 4.78 is 5.20. The van der Waals surface area contributed by atoms with Crippen LogP contribution < -0.4 is 15.0 Å². The van der Waals surface area contributed by atoms with E-state index in [1.165, 1.54) is 5.69 Å². The van der Waals surface area contributed by atoms with Gasteiger partial charge in [-0.05, 0) is 44.3 Å². The quantitative estimate of drug-likeness (QED) is 0.857. The first-order valence-electron chi connectivity index (χ1n) is 8.75. The van der Waals surface area contributed by atoms with Crippen molar-refractivity contribution in [3.05, 3.63) is 24.3 Å². The summed E-state index contributed by atoms with van der Waals surface area (Å²) in [4.78, 5) is 19.0. The molecule has 6 nitrogen and oxygen atoms in total. The van der Waals surface area contributed by atoms with Crippen LogP contribution in [0.1, 0.15) is 6.42 Å². The summed E-state index contributed by atoms with van der Waals surface area (Å²) in [5.41, 5.74) is 1.19. The van der Waals surface area contributed by atoms with Gasteiger partial charge in [0.1, 0.15) is 5.75 Å². The average Bonchev–Trinajstić information content (AvgIpc) is 3.17. The Bertz CT molecular complexity index is 534. The van der Waals surface area contributed by atoms with Crippen LogP contribution in [-0.2, 0) is 4.79 Å². The monoisotopic (exact) mass is 332 g/mol. The third-order valence-corrected chi connectivity index (χ3v) is 5.11. The van der Waals surface area contributed by atoms with Crippen molar-refractivity contribution in [3.63, 3.8) is 0 Å². The fraction of sp³-hybridized carbons (Fsp3) is 0.611. The van der Waals surface area contributed by atoms with Gasteiger partial charge in [0, 0.05) is 44.5 Å². The van der Waals surface area contributed by atoms with E-state index in [2.05, 4.69) is 34.3 Å². The Morgan fingerprint density at radius 3 is 2.54 bits per heavy atom. The van der Waals surface area contributed by atoms with Gasteiger partial charge in [-0.2, -0.15) is 0 Å². The summed E-state index contributed by atoms with van der Waals surface area (Å²) in [5.74, 6) is 1.12. The molecule has 6 heteroatoms. The largest absolute Gasteiger partial charge is 0.497 e. The number of likely N-dealkylation sites (N-methyl/N-ethyl adjacent to an activating group) is 1. The van der Waals surface area contributed by atoms with Gasteiger partial charge in [0.2, 0.25) is 5.91 Å². The second-order valence-corrected chi connectivity index (χ2v) is 6.63. The van der Waals surface area contributed by atoms with Crippen molar-refractivity contribution in [2.24, 2.45) is 0 Å². The third kappa shape index (κ3) is 3.99. The van der Waals surface area contributed by atoms with Crippen molar-refractivity contribution >= 4 is 11.6 Å². The molecule has 0 aromatic heterocycles. The van der Waals surface area contributed by atoms with Gasteiger partial charge in [0.25, 0.3) is 0 Å². The maximum atomic E-state index is 12.5. The van der Waals surface area contributed by atoms with E-state index in [0.717, 1.165) is 51.4 Å². The lowest BCUT2D eigenvalue weighted by Gasteiger charge is -2.37. The Kier molecular flexibility index (Phi) is 5.58. The first-order chi connectivity index (χ1) is 11.7. The number of nitrogens with zero attached hydrogens (tertiary/aromatic N) is 3. The summed E-state index contributed by atoms with van der Waals surface area (Å²) in [6.07, 6.45) is 1.13. The van der Waals surface area contributed by atoms with Crippen LogP contribution in [0.5, 0.6) is 5.75 Å². The number of carbonyl (C=O) groups excluding carboxylic acids is 1. The Morgan fingerprint density at radius 2 is 1.96 bits per heavy atom. The minimum atomic E-state index is 0.249. The number of rotatable bonds is 5. The van der Waals surface area contributed by atoms with Crippen LogP contribution in [0.15, 0.2) is 24.3 Å². The Hall–Kier alpha value is -1.79. The minimum absolute atomic E-state index is 0.249. The first-order valence-corrected chi connectivity index (χ1v) is 8.75. The van der Waals surface area contributed by atoms with Crippen molar-refractivity contribution < 1.29 is 9.53 Å². The zero-order valence-electron chi connectivity index (χ0n) is 14.7.